The van der Waals surface area contributed by atoms with Gasteiger partial charge in [0.15, 0.2) is 0 Å². The van der Waals surface area contributed by atoms with E-state index < -0.39 is 0 Å². The molecule has 0 amide bonds. The topological polar surface area (TPSA) is 54.4 Å². The lowest BCUT2D eigenvalue weighted by Crippen LogP contribution is -2.38. The van der Waals surface area contributed by atoms with Gasteiger partial charge in [-0.05, 0) is 18.4 Å². The van der Waals surface area contributed by atoms with Gasteiger partial charge in [-0.2, -0.15) is 0 Å². The number of nitrogens with zero attached hydrogens (tertiary/aromatic N) is 1. The molecule has 1 heterocycles. The largest absolute Gasteiger partial charge is 0.481 e. The summed E-state index contributed by atoms with van der Waals surface area (Å²) in [6, 6.07) is 4.08. The number of hydrogen-bond acceptors (Lipinski definition) is 4. The molecule has 4 heteroatoms. The summed E-state index contributed by atoms with van der Waals surface area (Å²) in [6.45, 7) is 0.749. The van der Waals surface area contributed by atoms with Crippen molar-refractivity contribution in [2.75, 3.05) is 7.11 Å². The third-order valence-corrected chi connectivity index (χ3v) is 3.55. The summed E-state index contributed by atoms with van der Waals surface area (Å²) in [5.74, 6) is 0.633. The van der Waals surface area contributed by atoms with Gasteiger partial charge in [0, 0.05) is 24.8 Å². The van der Waals surface area contributed by atoms with Crippen molar-refractivity contribution in [3.63, 3.8) is 0 Å². The molecule has 2 N–H and O–H groups in total. The smallest absolute Gasteiger partial charge is 0.212 e. The van der Waals surface area contributed by atoms with Crippen molar-refractivity contribution in [2.45, 2.75) is 50.8 Å². The molecule has 1 aromatic rings. The van der Waals surface area contributed by atoms with E-state index in [1.165, 1.54) is 12.8 Å². The summed E-state index contributed by atoms with van der Waals surface area (Å²) in [5.41, 5.74) is 1.12. The molecule has 1 fully saturated rings. The molecule has 0 radical (unpaired) electrons. The van der Waals surface area contributed by atoms with Gasteiger partial charge in [0.25, 0.3) is 0 Å². The van der Waals surface area contributed by atoms with Gasteiger partial charge in [0.05, 0.1) is 13.2 Å². The summed E-state index contributed by atoms with van der Waals surface area (Å²) in [7, 11) is 1.61. The summed E-state index contributed by atoms with van der Waals surface area (Å²) < 4.78 is 5.03. The standard InChI is InChI=1S/C14H22N2O2/c1-18-14-8-7-11(10-16-14)9-15-12-5-3-2-4-6-13(12)17/h7-8,10,12-13,15,17H,2-6,9H2,1H3. The molecule has 0 saturated heterocycles. The maximum absolute atomic E-state index is 10.0. The minimum atomic E-state index is -0.210. The normalized spacial score (nSPS) is 24.6. The van der Waals surface area contributed by atoms with E-state index in [1.807, 2.05) is 18.3 Å². The molecule has 1 saturated carbocycles. The van der Waals surface area contributed by atoms with E-state index in [-0.39, 0.29) is 12.1 Å². The second-order valence-electron chi connectivity index (χ2n) is 4.90. The third-order valence-electron chi connectivity index (χ3n) is 3.55. The van der Waals surface area contributed by atoms with E-state index in [0.29, 0.717) is 5.88 Å². The van der Waals surface area contributed by atoms with Gasteiger partial charge in [-0.1, -0.05) is 25.3 Å². The number of pyridine rings is 1. The Balaban J connectivity index is 1.85. The molecule has 4 nitrogen and oxygen atoms in total. The summed E-state index contributed by atoms with van der Waals surface area (Å²) in [4.78, 5) is 4.17. The van der Waals surface area contributed by atoms with E-state index in [0.717, 1.165) is 31.4 Å². The lowest BCUT2D eigenvalue weighted by molar-refractivity contribution is 0.119. The fourth-order valence-electron chi connectivity index (χ4n) is 2.41. The van der Waals surface area contributed by atoms with Gasteiger partial charge in [0.1, 0.15) is 0 Å². The third kappa shape index (κ3) is 3.68. The van der Waals surface area contributed by atoms with E-state index in [4.69, 9.17) is 4.74 Å². The van der Waals surface area contributed by atoms with Gasteiger partial charge in [-0.25, -0.2) is 4.98 Å². The number of ether oxygens (including phenoxy) is 1. The quantitative estimate of drug-likeness (QED) is 0.801. The monoisotopic (exact) mass is 250 g/mol. The molecule has 100 valence electrons. The number of aliphatic hydroxyl groups excluding tert-OH is 1. The Hall–Kier alpha value is -1.13. The first-order valence-corrected chi connectivity index (χ1v) is 6.70. The summed E-state index contributed by atoms with van der Waals surface area (Å²) >= 11 is 0. The molecule has 2 rings (SSSR count). The molecule has 0 aromatic carbocycles. The number of methoxy groups -OCH3 is 1. The summed E-state index contributed by atoms with van der Waals surface area (Å²) in [6.07, 6.45) is 7.16. The minimum absolute atomic E-state index is 0.210. The van der Waals surface area contributed by atoms with Crippen LogP contribution in [0.1, 0.15) is 37.7 Å². The van der Waals surface area contributed by atoms with Crippen LogP contribution in [-0.4, -0.2) is 29.3 Å². The number of aromatic nitrogens is 1. The maximum atomic E-state index is 10.0. The number of rotatable bonds is 4. The fourth-order valence-corrected chi connectivity index (χ4v) is 2.41. The molecule has 0 bridgehead atoms. The van der Waals surface area contributed by atoms with Crippen LogP contribution in [0.15, 0.2) is 18.3 Å². The minimum Gasteiger partial charge on any atom is -0.481 e. The molecule has 1 aliphatic carbocycles. The summed E-state index contributed by atoms with van der Waals surface area (Å²) in [5, 5.41) is 13.4. The highest BCUT2D eigenvalue weighted by Gasteiger charge is 2.20. The highest BCUT2D eigenvalue weighted by molar-refractivity contribution is 5.17. The van der Waals surface area contributed by atoms with Crippen LogP contribution in [-0.2, 0) is 6.54 Å². The molecule has 2 atom stereocenters. The molecule has 18 heavy (non-hydrogen) atoms. The van der Waals surface area contributed by atoms with Crippen molar-refractivity contribution in [2.24, 2.45) is 0 Å². The maximum Gasteiger partial charge on any atom is 0.212 e. The van der Waals surface area contributed by atoms with Crippen molar-refractivity contribution >= 4 is 0 Å². The Labute approximate surface area is 108 Å². The molecule has 1 aromatic heterocycles. The van der Waals surface area contributed by atoms with Crippen LogP contribution >= 0.6 is 0 Å². The van der Waals surface area contributed by atoms with Crippen LogP contribution in [0.2, 0.25) is 0 Å². The second-order valence-corrected chi connectivity index (χ2v) is 4.90. The first-order chi connectivity index (χ1) is 8.79. The number of aliphatic hydroxyl groups is 1. The van der Waals surface area contributed by atoms with Gasteiger partial charge in [-0.15, -0.1) is 0 Å². The lowest BCUT2D eigenvalue weighted by atomic mass is 10.1. The van der Waals surface area contributed by atoms with Crippen molar-refractivity contribution in [3.05, 3.63) is 23.9 Å². The first-order valence-electron chi connectivity index (χ1n) is 6.70. The van der Waals surface area contributed by atoms with E-state index in [9.17, 15) is 5.11 Å². The van der Waals surface area contributed by atoms with Crippen LogP contribution in [0.25, 0.3) is 0 Å². The Kier molecular flexibility index (Phi) is 4.96. The SMILES string of the molecule is COc1ccc(CNC2CCCCCC2O)cn1. The Morgan fingerprint density at radius 3 is 2.89 bits per heavy atom. The van der Waals surface area contributed by atoms with E-state index in [2.05, 4.69) is 10.3 Å². The zero-order chi connectivity index (χ0) is 12.8. The van der Waals surface area contributed by atoms with Crippen molar-refractivity contribution in [3.8, 4) is 5.88 Å². The zero-order valence-corrected chi connectivity index (χ0v) is 10.9. The van der Waals surface area contributed by atoms with Crippen molar-refractivity contribution < 1.29 is 9.84 Å². The molecule has 1 aliphatic rings. The second kappa shape index (κ2) is 6.71. The molecule has 0 spiro atoms. The molecular weight excluding hydrogens is 228 g/mol. The van der Waals surface area contributed by atoms with Crippen LogP contribution in [0.3, 0.4) is 0 Å². The molecular formula is C14H22N2O2. The zero-order valence-electron chi connectivity index (χ0n) is 10.9. The molecule has 2 unspecified atom stereocenters. The number of hydrogen-bond donors (Lipinski definition) is 2. The van der Waals surface area contributed by atoms with Gasteiger partial charge < -0.3 is 15.2 Å². The highest BCUT2D eigenvalue weighted by atomic mass is 16.5. The lowest BCUT2D eigenvalue weighted by Gasteiger charge is -2.21. The van der Waals surface area contributed by atoms with Gasteiger partial charge in [-0.3, -0.25) is 0 Å². The predicted octanol–water partition coefficient (Wildman–Crippen LogP) is 1.87. The van der Waals surface area contributed by atoms with Gasteiger partial charge >= 0.3 is 0 Å². The van der Waals surface area contributed by atoms with Gasteiger partial charge in [0.2, 0.25) is 5.88 Å². The first kappa shape index (κ1) is 13.3. The predicted molar refractivity (Wildman–Crippen MR) is 70.5 cm³/mol. The molecule has 0 aliphatic heterocycles. The van der Waals surface area contributed by atoms with Crippen molar-refractivity contribution in [1.29, 1.82) is 0 Å². The highest BCUT2D eigenvalue weighted by Crippen LogP contribution is 2.18. The van der Waals surface area contributed by atoms with E-state index >= 15 is 0 Å². The van der Waals surface area contributed by atoms with Crippen molar-refractivity contribution in [1.82, 2.24) is 10.3 Å². The van der Waals surface area contributed by atoms with Crippen LogP contribution in [0.5, 0.6) is 5.88 Å². The van der Waals surface area contributed by atoms with Crippen LogP contribution in [0.4, 0.5) is 0 Å². The Bertz CT molecular complexity index is 353. The Morgan fingerprint density at radius 1 is 1.33 bits per heavy atom. The Morgan fingerprint density at radius 2 is 2.17 bits per heavy atom. The fraction of sp³-hybridized carbons (Fsp3) is 0.643. The number of nitrogens with one attached hydrogen (secondary N) is 1. The van der Waals surface area contributed by atoms with E-state index in [1.54, 1.807) is 7.11 Å². The average Bonchev–Trinajstić information content (AvgIpc) is 2.62. The van der Waals surface area contributed by atoms with Crippen LogP contribution in [0, 0.1) is 0 Å². The van der Waals surface area contributed by atoms with Crippen LogP contribution < -0.4 is 10.1 Å². The average molecular weight is 250 g/mol.